The Morgan fingerprint density at radius 2 is 1.83 bits per heavy atom. The second-order valence-electron chi connectivity index (χ2n) is 6.05. The van der Waals surface area contributed by atoms with E-state index >= 15 is 0 Å². The summed E-state index contributed by atoms with van der Waals surface area (Å²) >= 11 is 0. The lowest BCUT2D eigenvalue weighted by molar-refractivity contribution is -0.121. The SMILES string of the molecule is CCc1ccc(C(C)NC(=O)Cc2cccc3cccnc23)cc1. The lowest BCUT2D eigenvalue weighted by Gasteiger charge is -2.15. The average molecular weight is 318 g/mol. The number of hydrogen-bond acceptors (Lipinski definition) is 2. The molecule has 0 aliphatic carbocycles. The number of rotatable bonds is 5. The van der Waals surface area contributed by atoms with E-state index in [1.807, 2.05) is 37.3 Å². The number of pyridine rings is 1. The van der Waals surface area contributed by atoms with E-state index in [0.29, 0.717) is 6.42 Å². The second kappa shape index (κ2) is 7.26. The van der Waals surface area contributed by atoms with E-state index < -0.39 is 0 Å². The number of carbonyl (C=O) groups excluding carboxylic acids is 1. The predicted octanol–water partition coefficient (Wildman–Crippen LogP) is 4.22. The van der Waals surface area contributed by atoms with Gasteiger partial charge in [-0.15, -0.1) is 0 Å². The van der Waals surface area contributed by atoms with Gasteiger partial charge in [-0.1, -0.05) is 55.5 Å². The molecule has 1 atom stereocenters. The first kappa shape index (κ1) is 16.2. The van der Waals surface area contributed by atoms with E-state index in [1.165, 1.54) is 5.56 Å². The lowest BCUT2D eigenvalue weighted by Crippen LogP contribution is -2.28. The topological polar surface area (TPSA) is 42.0 Å². The van der Waals surface area contributed by atoms with E-state index in [9.17, 15) is 4.79 Å². The third kappa shape index (κ3) is 3.62. The zero-order valence-corrected chi connectivity index (χ0v) is 14.1. The van der Waals surface area contributed by atoms with Gasteiger partial charge in [-0.3, -0.25) is 9.78 Å². The Morgan fingerprint density at radius 1 is 1.08 bits per heavy atom. The molecular formula is C21H22N2O. The lowest BCUT2D eigenvalue weighted by atomic mass is 10.0. The van der Waals surface area contributed by atoms with E-state index in [0.717, 1.165) is 28.5 Å². The molecule has 3 aromatic rings. The summed E-state index contributed by atoms with van der Waals surface area (Å²) in [5.41, 5.74) is 4.28. The molecule has 0 aliphatic rings. The van der Waals surface area contributed by atoms with Crippen molar-refractivity contribution in [3.63, 3.8) is 0 Å². The van der Waals surface area contributed by atoms with Crippen LogP contribution in [-0.2, 0) is 17.6 Å². The van der Waals surface area contributed by atoms with Crippen molar-refractivity contribution < 1.29 is 4.79 Å². The molecule has 24 heavy (non-hydrogen) atoms. The molecule has 0 saturated carbocycles. The summed E-state index contributed by atoms with van der Waals surface area (Å²) in [5, 5.41) is 4.14. The van der Waals surface area contributed by atoms with Crippen molar-refractivity contribution in [2.24, 2.45) is 0 Å². The van der Waals surface area contributed by atoms with Crippen LogP contribution in [0.2, 0.25) is 0 Å². The Hall–Kier alpha value is -2.68. The van der Waals surface area contributed by atoms with E-state index in [1.54, 1.807) is 6.20 Å². The first-order chi connectivity index (χ1) is 11.7. The second-order valence-corrected chi connectivity index (χ2v) is 6.05. The number of nitrogens with one attached hydrogen (secondary N) is 1. The molecule has 122 valence electrons. The summed E-state index contributed by atoms with van der Waals surface area (Å²) in [7, 11) is 0. The zero-order chi connectivity index (χ0) is 16.9. The molecule has 3 rings (SSSR count). The summed E-state index contributed by atoms with van der Waals surface area (Å²) in [6.07, 6.45) is 3.13. The van der Waals surface area contributed by atoms with Crippen LogP contribution in [0.4, 0.5) is 0 Å². The predicted molar refractivity (Wildman–Crippen MR) is 97.8 cm³/mol. The Bertz CT molecular complexity index is 835. The highest BCUT2D eigenvalue weighted by Gasteiger charge is 2.12. The number of benzene rings is 2. The first-order valence-corrected chi connectivity index (χ1v) is 8.38. The van der Waals surface area contributed by atoms with Crippen LogP contribution in [-0.4, -0.2) is 10.9 Å². The Labute approximate surface area is 142 Å². The molecule has 3 heteroatoms. The molecule has 2 aromatic carbocycles. The number of fused-ring (bicyclic) bond motifs is 1. The summed E-state index contributed by atoms with van der Waals surface area (Å²) in [6.45, 7) is 4.15. The van der Waals surface area contributed by atoms with Gasteiger partial charge in [0.15, 0.2) is 0 Å². The number of aromatic nitrogens is 1. The van der Waals surface area contributed by atoms with Gasteiger partial charge in [0.1, 0.15) is 0 Å². The van der Waals surface area contributed by atoms with Gasteiger partial charge < -0.3 is 5.32 Å². The van der Waals surface area contributed by atoms with Gasteiger partial charge in [-0.05, 0) is 36.1 Å². The summed E-state index contributed by atoms with van der Waals surface area (Å²) in [4.78, 5) is 16.8. The number of amides is 1. The Balaban J connectivity index is 1.70. The standard InChI is InChI=1S/C21H22N2O/c1-3-16-9-11-17(12-10-16)15(2)23-20(24)14-19-7-4-6-18-8-5-13-22-21(18)19/h4-13,15H,3,14H2,1-2H3,(H,23,24). The van der Waals surface area contributed by atoms with E-state index in [4.69, 9.17) is 0 Å². The molecule has 3 nitrogen and oxygen atoms in total. The van der Waals surface area contributed by atoms with Gasteiger partial charge in [0.05, 0.1) is 18.0 Å². The van der Waals surface area contributed by atoms with Crippen molar-refractivity contribution >= 4 is 16.8 Å². The molecule has 0 fully saturated rings. The molecule has 0 saturated heterocycles. The molecule has 0 radical (unpaired) electrons. The third-order valence-corrected chi connectivity index (χ3v) is 4.33. The maximum atomic E-state index is 12.4. The van der Waals surface area contributed by atoms with E-state index in [2.05, 4.69) is 41.5 Å². The highest BCUT2D eigenvalue weighted by molar-refractivity contribution is 5.87. The Morgan fingerprint density at radius 3 is 2.58 bits per heavy atom. The number of carbonyl (C=O) groups is 1. The minimum absolute atomic E-state index is 0.00802. The van der Waals surface area contributed by atoms with Gasteiger partial charge in [0, 0.05) is 11.6 Å². The average Bonchev–Trinajstić information content (AvgIpc) is 2.62. The van der Waals surface area contributed by atoms with Gasteiger partial charge >= 0.3 is 0 Å². The molecule has 0 aliphatic heterocycles. The van der Waals surface area contributed by atoms with Crippen LogP contribution in [0.5, 0.6) is 0 Å². The quantitative estimate of drug-likeness (QED) is 0.765. The largest absolute Gasteiger partial charge is 0.349 e. The molecule has 1 amide bonds. The van der Waals surface area contributed by atoms with Crippen LogP contribution in [0, 0.1) is 0 Å². The van der Waals surface area contributed by atoms with Crippen LogP contribution in [0.3, 0.4) is 0 Å². The minimum Gasteiger partial charge on any atom is -0.349 e. The van der Waals surface area contributed by atoms with Crippen LogP contribution in [0.1, 0.15) is 36.6 Å². The van der Waals surface area contributed by atoms with Crippen LogP contribution >= 0.6 is 0 Å². The Kier molecular flexibility index (Phi) is 4.90. The first-order valence-electron chi connectivity index (χ1n) is 8.38. The molecule has 0 bridgehead atoms. The zero-order valence-electron chi connectivity index (χ0n) is 14.1. The van der Waals surface area contributed by atoms with Crippen LogP contribution in [0.15, 0.2) is 60.8 Å². The minimum atomic E-state index is -0.00802. The molecule has 1 N–H and O–H groups in total. The molecule has 1 unspecified atom stereocenters. The molecule has 0 spiro atoms. The highest BCUT2D eigenvalue weighted by atomic mass is 16.1. The fourth-order valence-corrected chi connectivity index (χ4v) is 2.90. The number of para-hydroxylation sites is 1. The normalized spacial score (nSPS) is 12.1. The fourth-order valence-electron chi connectivity index (χ4n) is 2.90. The van der Waals surface area contributed by atoms with Crippen LogP contribution < -0.4 is 5.32 Å². The van der Waals surface area contributed by atoms with Gasteiger partial charge in [-0.25, -0.2) is 0 Å². The molecular weight excluding hydrogens is 296 g/mol. The monoisotopic (exact) mass is 318 g/mol. The third-order valence-electron chi connectivity index (χ3n) is 4.33. The van der Waals surface area contributed by atoms with Crippen molar-refractivity contribution in [1.29, 1.82) is 0 Å². The summed E-state index contributed by atoms with van der Waals surface area (Å²) in [6, 6.07) is 18.3. The van der Waals surface area contributed by atoms with Crippen molar-refractivity contribution in [2.45, 2.75) is 32.7 Å². The van der Waals surface area contributed by atoms with E-state index in [-0.39, 0.29) is 11.9 Å². The number of aryl methyl sites for hydroxylation is 1. The van der Waals surface area contributed by atoms with Crippen LogP contribution in [0.25, 0.3) is 10.9 Å². The van der Waals surface area contributed by atoms with Gasteiger partial charge in [0.25, 0.3) is 0 Å². The molecule has 1 aromatic heterocycles. The van der Waals surface area contributed by atoms with Crippen molar-refractivity contribution in [3.05, 3.63) is 77.5 Å². The number of hydrogen-bond donors (Lipinski definition) is 1. The summed E-state index contributed by atoms with van der Waals surface area (Å²) < 4.78 is 0. The highest BCUT2D eigenvalue weighted by Crippen LogP contribution is 2.18. The van der Waals surface area contributed by atoms with Crippen molar-refractivity contribution in [1.82, 2.24) is 10.3 Å². The van der Waals surface area contributed by atoms with Gasteiger partial charge in [-0.2, -0.15) is 0 Å². The van der Waals surface area contributed by atoms with Crippen molar-refractivity contribution in [3.8, 4) is 0 Å². The van der Waals surface area contributed by atoms with Crippen molar-refractivity contribution in [2.75, 3.05) is 0 Å². The number of nitrogens with zero attached hydrogens (tertiary/aromatic N) is 1. The molecule has 1 heterocycles. The summed E-state index contributed by atoms with van der Waals surface area (Å²) in [5.74, 6) is 0.0141. The fraction of sp³-hybridized carbons (Fsp3) is 0.238. The van der Waals surface area contributed by atoms with Gasteiger partial charge in [0.2, 0.25) is 5.91 Å². The smallest absolute Gasteiger partial charge is 0.224 e. The maximum absolute atomic E-state index is 12.4. The maximum Gasteiger partial charge on any atom is 0.224 e.